The topological polar surface area (TPSA) is 62.9 Å². The summed E-state index contributed by atoms with van der Waals surface area (Å²) in [5, 5.41) is 10.2. The van der Waals surface area contributed by atoms with E-state index in [1.807, 2.05) is 67.0 Å². The summed E-state index contributed by atoms with van der Waals surface area (Å²) < 4.78 is 0. The van der Waals surface area contributed by atoms with E-state index in [1.54, 1.807) is 0 Å². The molecule has 5 nitrogen and oxygen atoms in total. The van der Waals surface area contributed by atoms with Gasteiger partial charge in [0.2, 0.25) is 0 Å². The zero-order valence-electron chi connectivity index (χ0n) is 34.4. The van der Waals surface area contributed by atoms with E-state index in [0.717, 1.165) is 82.6 Å². The second kappa shape index (κ2) is 16.2. The van der Waals surface area contributed by atoms with Crippen LogP contribution in [0.4, 0.5) is 0 Å². The van der Waals surface area contributed by atoms with E-state index in [0.29, 0.717) is 18.2 Å². The number of hydrogen-bond donors (Lipinski definition) is 0. The molecule has 11 rings (SSSR count). The van der Waals surface area contributed by atoms with Gasteiger partial charge in [0.25, 0.3) is 0 Å². The molecule has 2 heterocycles. The quantitative estimate of drug-likeness (QED) is 0.0697. The predicted molar refractivity (Wildman–Crippen MR) is 265 cm³/mol. The van der Waals surface area contributed by atoms with Crippen molar-refractivity contribution in [2.45, 2.75) is 6.54 Å². The highest BCUT2D eigenvalue weighted by molar-refractivity contribution is 6.17. The van der Waals surface area contributed by atoms with Gasteiger partial charge in [-0.15, -0.1) is 0 Å². The van der Waals surface area contributed by atoms with Crippen molar-refractivity contribution < 1.29 is 0 Å². The zero-order chi connectivity index (χ0) is 42.1. The average Bonchev–Trinajstić information content (AvgIpc) is 3.35. The summed E-state index contributed by atoms with van der Waals surface area (Å²) >= 11 is 0. The second-order valence-electron chi connectivity index (χ2n) is 15.7. The third kappa shape index (κ3) is 7.11. The standard InChI is InChI=1S/C58H39N5/c1-59-57(39-17-6-3-7-18-39)63-58(61-36-38-15-4-2-5-16-38)46-34-44(33-45(35-46)55-49-22-10-8-19-41(49)31-42-20-9-11-23-50(42)55)47-25-14-21-40-32-43(27-28-48(40)47)56-53-37-60-30-29-51(53)52-24-12-13-26-54(52)62-56/h2-35,37H,1,36H2. The molecular formula is C58H39N5. The van der Waals surface area contributed by atoms with Gasteiger partial charge >= 0.3 is 0 Å². The Morgan fingerprint density at radius 1 is 0.460 bits per heavy atom. The summed E-state index contributed by atoms with van der Waals surface area (Å²) in [6.07, 6.45) is 3.79. The van der Waals surface area contributed by atoms with Gasteiger partial charge in [0, 0.05) is 39.9 Å². The van der Waals surface area contributed by atoms with Gasteiger partial charge in [-0.2, -0.15) is 0 Å². The first-order valence-corrected chi connectivity index (χ1v) is 21.1. The summed E-state index contributed by atoms with van der Waals surface area (Å²) in [5.74, 6) is 1.08. The molecular weight excluding hydrogens is 767 g/mol. The van der Waals surface area contributed by atoms with E-state index in [4.69, 9.17) is 15.0 Å². The normalized spacial score (nSPS) is 12.1. The van der Waals surface area contributed by atoms with E-state index in [-0.39, 0.29) is 0 Å². The first-order chi connectivity index (χ1) is 31.2. The van der Waals surface area contributed by atoms with Crippen molar-refractivity contribution in [3.05, 3.63) is 229 Å². The largest absolute Gasteiger partial charge is 0.264 e. The highest BCUT2D eigenvalue weighted by atomic mass is 15.0. The third-order valence-corrected chi connectivity index (χ3v) is 11.9. The van der Waals surface area contributed by atoms with E-state index >= 15 is 0 Å². The molecule has 0 spiro atoms. The van der Waals surface area contributed by atoms with Gasteiger partial charge in [-0.1, -0.05) is 158 Å². The monoisotopic (exact) mass is 805 g/mol. The Kier molecular flexibility index (Phi) is 9.68. The molecule has 0 N–H and O–H groups in total. The molecule has 0 saturated carbocycles. The molecule has 0 unspecified atom stereocenters. The van der Waals surface area contributed by atoms with E-state index in [2.05, 4.69) is 162 Å². The molecule has 0 saturated heterocycles. The van der Waals surface area contributed by atoms with Crippen molar-refractivity contribution in [2.24, 2.45) is 15.0 Å². The van der Waals surface area contributed by atoms with Crippen LogP contribution in [0.15, 0.2) is 228 Å². The lowest BCUT2D eigenvalue weighted by Crippen LogP contribution is -2.06. The number of aliphatic imine (C=N–C) groups is 3. The number of hydrogen-bond acceptors (Lipinski definition) is 3. The van der Waals surface area contributed by atoms with Gasteiger partial charge in [0.15, 0.2) is 11.7 Å². The van der Waals surface area contributed by atoms with E-state index < -0.39 is 0 Å². The molecule has 0 radical (unpaired) electrons. The van der Waals surface area contributed by atoms with Gasteiger partial charge in [-0.05, 0) is 115 Å². The first-order valence-electron chi connectivity index (χ1n) is 21.1. The van der Waals surface area contributed by atoms with Crippen LogP contribution in [-0.2, 0) is 6.54 Å². The molecule has 0 atom stereocenters. The number of aromatic nitrogens is 2. The number of amidine groups is 2. The van der Waals surface area contributed by atoms with Crippen LogP contribution in [0, 0.1) is 0 Å². The number of benzene rings is 9. The van der Waals surface area contributed by atoms with Gasteiger partial charge in [0.05, 0.1) is 17.8 Å². The molecule has 5 heteroatoms. The maximum Gasteiger partial charge on any atom is 0.161 e. The van der Waals surface area contributed by atoms with Crippen molar-refractivity contribution in [3.8, 4) is 33.5 Å². The first kappa shape index (κ1) is 37.6. The molecule has 0 fully saturated rings. The van der Waals surface area contributed by atoms with E-state index in [9.17, 15) is 0 Å². The summed E-state index contributed by atoms with van der Waals surface area (Å²) in [4.78, 5) is 24.6. The Bertz CT molecular complexity index is 3560. The van der Waals surface area contributed by atoms with Gasteiger partial charge in [0.1, 0.15) is 0 Å². The Labute approximate surface area is 365 Å². The van der Waals surface area contributed by atoms with Crippen LogP contribution >= 0.6 is 0 Å². The fourth-order valence-corrected chi connectivity index (χ4v) is 8.90. The lowest BCUT2D eigenvalue weighted by Gasteiger charge is -2.17. The average molecular weight is 806 g/mol. The number of para-hydroxylation sites is 1. The van der Waals surface area contributed by atoms with Crippen LogP contribution in [0.5, 0.6) is 0 Å². The SMILES string of the molecule is C=NC(=NC(=NCc1ccccc1)c1cc(-c2cccc3cc(-c4nc5ccccc5c5ccncc45)ccc23)cc(-c2c3ccccc3cc3ccccc23)c1)c1ccccc1. The maximum atomic E-state index is 5.25. The summed E-state index contributed by atoms with van der Waals surface area (Å²) in [6.45, 7) is 4.40. The molecule has 0 aliphatic heterocycles. The summed E-state index contributed by atoms with van der Waals surface area (Å²) in [6, 6.07) is 70.3. The van der Waals surface area contributed by atoms with Crippen molar-refractivity contribution in [1.29, 1.82) is 0 Å². The minimum Gasteiger partial charge on any atom is -0.264 e. The minimum absolute atomic E-state index is 0.444. The molecule has 0 amide bonds. The Morgan fingerprint density at radius 2 is 1.13 bits per heavy atom. The van der Waals surface area contributed by atoms with Crippen LogP contribution < -0.4 is 0 Å². The Morgan fingerprint density at radius 3 is 1.90 bits per heavy atom. The Hall–Kier alpha value is -8.41. The number of pyridine rings is 2. The van der Waals surface area contributed by atoms with Crippen molar-refractivity contribution in [3.63, 3.8) is 0 Å². The minimum atomic E-state index is 0.444. The second-order valence-corrected chi connectivity index (χ2v) is 15.7. The predicted octanol–water partition coefficient (Wildman–Crippen LogP) is 14.3. The molecule has 0 aliphatic carbocycles. The van der Waals surface area contributed by atoms with Crippen LogP contribution in [0.1, 0.15) is 16.7 Å². The van der Waals surface area contributed by atoms with Crippen LogP contribution in [0.2, 0.25) is 0 Å². The Balaban J connectivity index is 1.15. The lowest BCUT2D eigenvalue weighted by molar-refractivity contribution is 1.06. The highest BCUT2D eigenvalue weighted by Gasteiger charge is 2.18. The smallest absolute Gasteiger partial charge is 0.161 e. The maximum absolute atomic E-state index is 5.25. The summed E-state index contributed by atoms with van der Waals surface area (Å²) in [7, 11) is 0. The summed E-state index contributed by atoms with van der Waals surface area (Å²) in [5.41, 5.74) is 10.1. The van der Waals surface area contributed by atoms with Gasteiger partial charge in [-0.3, -0.25) is 9.98 Å². The van der Waals surface area contributed by atoms with Crippen molar-refractivity contribution in [1.82, 2.24) is 9.97 Å². The molecule has 0 bridgehead atoms. The van der Waals surface area contributed by atoms with Crippen molar-refractivity contribution in [2.75, 3.05) is 0 Å². The molecule has 9 aromatic carbocycles. The third-order valence-electron chi connectivity index (χ3n) is 11.9. The van der Waals surface area contributed by atoms with E-state index in [1.165, 1.54) is 21.5 Å². The molecule has 11 aromatic rings. The van der Waals surface area contributed by atoms with Gasteiger partial charge in [-0.25, -0.2) is 15.0 Å². The van der Waals surface area contributed by atoms with Crippen molar-refractivity contribution >= 4 is 72.4 Å². The molecule has 2 aromatic heterocycles. The van der Waals surface area contributed by atoms with Crippen LogP contribution in [-0.4, -0.2) is 28.4 Å². The molecule has 0 aliphatic rings. The zero-order valence-corrected chi connectivity index (χ0v) is 34.4. The number of fused-ring (bicyclic) bond motifs is 6. The lowest BCUT2D eigenvalue weighted by atomic mass is 9.88. The van der Waals surface area contributed by atoms with Crippen LogP contribution in [0.3, 0.4) is 0 Å². The highest BCUT2D eigenvalue weighted by Crippen LogP contribution is 2.41. The fraction of sp³-hybridized carbons (Fsp3) is 0.0172. The fourth-order valence-electron chi connectivity index (χ4n) is 8.90. The molecule has 63 heavy (non-hydrogen) atoms. The number of nitrogens with zero attached hydrogens (tertiary/aromatic N) is 5. The van der Waals surface area contributed by atoms with Gasteiger partial charge < -0.3 is 0 Å². The molecule has 296 valence electrons. The number of rotatable bonds is 7. The van der Waals surface area contributed by atoms with Crippen LogP contribution in [0.25, 0.3) is 87.5 Å².